The van der Waals surface area contributed by atoms with Crippen LogP contribution in [-0.4, -0.2) is 43.2 Å². The van der Waals surface area contributed by atoms with Gasteiger partial charge in [0.05, 0.1) is 30.4 Å². The van der Waals surface area contributed by atoms with Crippen LogP contribution in [0.4, 0.5) is 5.69 Å². The van der Waals surface area contributed by atoms with Crippen LogP contribution in [0.2, 0.25) is 0 Å². The van der Waals surface area contributed by atoms with Gasteiger partial charge in [0.1, 0.15) is 5.75 Å². The van der Waals surface area contributed by atoms with Crippen LogP contribution >= 0.6 is 11.8 Å². The first-order valence-corrected chi connectivity index (χ1v) is 8.93. The second kappa shape index (κ2) is 8.09. The molecule has 1 aliphatic heterocycles. The summed E-state index contributed by atoms with van der Waals surface area (Å²) in [4.78, 5) is 30.6. The monoisotopic (exact) mass is 382 g/mol. The summed E-state index contributed by atoms with van der Waals surface area (Å²) in [7, 11) is 4.61. The Balaban J connectivity index is 1.86. The topological polar surface area (TPSA) is 68.2 Å². The molecular formula is C20H18N2O4S. The van der Waals surface area contributed by atoms with Crippen molar-refractivity contribution in [1.82, 2.24) is 4.90 Å². The molecule has 1 saturated heterocycles. The van der Waals surface area contributed by atoms with Gasteiger partial charge in [-0.25, -0.2) is 9.79 Å². The Hall–Kier alpha value is -3.06. The van der Waals surface area contributed by atoms with Gasteiger partial charge >= 0.3 is 5.97 Å². The highest BCUT2D eigenvalue weighted by Crippen LogP contribution is 2.34. The zero-order chi connectivity index (χ0) is 19.4. The van der Waals surface area contributed by atoms with Crippen molar-refractivity contribution in [2.24, 2.45) is 4.99 Å². The molecule has 0 radical (unpaired) electrons. The molecule has 0 N–H and O–H groups in total. The van der Waals surface area contributed by atoms with E-state index in [2.05, 4.69) is 9.73 Å². The van der Waals surface area contributed by atoms with Crippen LogP contribution in [0.5, 0.6) is 5.75 Å². The standard InChI is InChI=1S/C20H18N2O4S/c1-22-18(23)17(12-14-6-4-5-7-16(14)25-2)27-20(22)21-15-10-8-13(9-11-15)19(24)26-3/h4-12H,1-3H3. The average Bonchev–Trinajstić information content (AvgIpc) is 2.96. The number of hydrogen-bond donors (Lipinski definition) is 0. The minimum atomic E-state index is -0.404. The van der Waals surface area contributed by atoms with Gasteiger partial charge in [-0.05, 0) is 48.2 Å². The quantitative estimate of drug-likeness (QED) is 0.596. The van der Waals surface area contributed by atoms with Crippen LogP contribution in [0.1, 0.15) is 15.9 Å². The first-order chi connectivity index (χ1) is 13.0. The van der Waals surface area contributed by atoms with Crippen molar-refractivity contribution in [1.29, 1.82) is 0 Å². The van der Waals surface area contributed by atoms with Gasteiger partial charge in [-0.2, -0.15) is 0 Å². The number of esters is 1. The number of nitrogens with zero attached hydrogens (tertiary/aromatic N) is 2. The third kappa shape index (κ3) is 4.03. The van der Waals surface area contributed by atoms with E-state index in [1.54, 1.807) is 44.5 Å². The first kappa shape index (κ1) is 18.7. The van der Waals surface area contributed by atoms with E-state index >= 15 is 0 Å². The number of benzene rings is 2. The molecule has 0 saturated carbocycles. The molecule has 2 aromatic rings. The van der Waals surface area contributed by atoms with Gasteiger partial charge in [-0.3, -0.25) is 9.69 Å². The SMILES string of the molecule is COC(=O)c1ccc(N=C2SC(=Cc3ccccc3OC)C(=O)N2C)cc1. The molecule has 1 amide bonds. The largest absolute Gasteiger partial charge is 0.496 e. The number of aliphatic imine (C=N–C) groups is 1. The molecule has 3 rings (SSSR count). The van der Waals surface area contributed by atoms with Crippen molar-refractivity contribution in [3.63, 3.8) is 0 Å². The second-order valence-corrected chi connectivity index (χ2v) is 6.66. The van der Waals surface area contributed by atoms with Crippen molar-refractivity contribution in [3.05, 3.63) is 64.6 Å². The van der Waals surface area contributed by atoms with E-state index < -0.39 is 5.97 Å². The molecule has 0 spiro atoms. The van der Waals surface area contributed by atoms with Crippen molar-refractivity contribution in [2.75, 3.05) is 21.3 Å². The summed E-state index contributed by atoms with van der Waals surface area (Å²) in [6.07, 6.45) is 1.80. The number of methoxy groups -OCH3 is 2. The van der Waals surface area contributed by atoms with Gasteiger partial charge in [-0.1, -0.05) is 18.2 Å². The first-order valence-electron chi connectivity index (χ1n) is 8.11. The van der Waals surface area contributed by atoms with Gasteiger partial charge in [0.25, 0.3) is 5.91 Å². The number of carbonyl (C=O) groups excluding carboxylic acids is 2. The Morgan fingerprint density at radius 1 is 1.11 bits per heavy atom. The molecule has 27 heavy (non-hydrogen) atoms. The molecule has 0 bridgehead atoms. The minimum absolute atomic E-state index is 0.129. The lowest BCUT2D eigenvalue weighted by molar-refractivity contribution is -0.121. The fourth-order valence-corrected chi connectivity index (χ4v) is 3.46. The van der Waals surface area contributed by atoms with Gasteiger partial charge in [0.2, 0.25) is 0 Å². The lowest BCUT2D eigenvalue weighted by atomic mass is 10.2. The molecule has 0 unspecified atom stereocenters. The molecule has 7 heteroatoms. The number of thioether (sulfide) groups is 1. The number of rotatable bonds is 4. The second-order valence-electron chi connectivity index (χ2n) is 5.65. The van der Waals surface area contributed by atoms with Gasteiger partial charge < -0.3 is 9.47 Å². The van der Waals surface area contributed by atoms with Gasteiger partial charge in [-0.15, -0.1) is 0 Å². The lowest BCUT2D eigenvalue weighted by Crippen LogP contribution is -2.23. The molecular weight excluding hydrogens is 364 g/mol. The van der Waals surface area contributed by atoms with Gasteiger partial charge in [0, 0.05) is 12.6 Å². The van der Waals surface area contributed by atoms with E-state index in [4.69, 9.17) is 4.74 Å². The third-order valence-electron chi connectivity index (χ3n) is 3.94. The van der Waals surface area contributed by atoms with Gasteiger partial charge in [0.15, 0.2) is 5.17 Å². The predicted molar refractivity (Wildman–Crippen MR) is 106 cm³/mol. The summed E-state index contributed by atoms with van der Waals surface area (Å²) in [6.45, 7) is 0. The Kier molecular flexibility index (Phi) is 5.61. The van der Waals surface area contributed by atoms with E-state index in [1.165, 1.54) is 23.8 Å². The molecule has 0 aromatic heterocycles. The molecule has 0 atom stereocenters. The maximum Gasteiger partial charge on any atom is 0.337 e. The fraction of sp³-hybridized carbons (Fsp3) is 0.150. The number of amidine groups is 1. The number of carbonyl (C=O) groups is 2. The van der Waals surface area contributed by atoms with Crippen molar-refractivity contribution in [2.45, 2.75) is 0 Å². The number of para-hydroxylation sites is 1. The molecule has 138 valence electrons. The summed E-state index contributed by atoms with van der Waals surface area (Å²) in [5, 5.41) is 0.562. The van der Waals surface area contributed by atoms with E-state index in [-0.39, 0.29) is 5.91 Å². The van der Waals surface area contributed by atoms with Crippen molar-refractivity contribution >= 4 is 40.6 Å². The van der Waals surface area contributed by atoms with Crippen molar-refractivity contribution in [3.8, 4) is 5.75 Å². The summed E-state index contributed by atoms with van der Waals surface area (Å²) in [5.74, 6) is 0.166. The van der Waals surface area contributed by atoms with E-state index in [9.17, 15) is 9.59 Å². The summed E-state index contributed by atoms with van der Waals surface area (Å²) in [5.41, 5.74) is 1.91. The number of hydrogen-bond acceptors (Lipinski definition) is 6. The van der Waals surface area contributed by atoms with E-state index in [1.807, 2.05) is 24.3 Å². The molecule has 6 nitrogen and oxygen atoms in total. The summed E-state index contributed by atoms with van der Waals surface area (Å²) < 4.78 is 10.0. The molecule has 0 aliphatic carbocycles. The highest BCUT2D eigenvalue weighted by molar-refractivity contribution is 8.18. The maximum absolute atomic E-state index is 12.5. The van der Waals surface area contributed by atoms with E-state index in [0.717, 1.165) is 5.56 Å². The highest BCUT2D eigenvalue weighted by Gasteiger charge is 2.30. The highest BCUT2D eigenvalue weighted by atomic mass is 32.2. The van der Waals surface area contributed by atoms with Crippen LogP contribution in [0, 0.1) is 0 Å². The normalized spacial score (nSPS) is 16.9. The van der Waals surface area contributed by atoms with Crippen LogP contribution in [0.3, 0.4) is 0 Å². The number of likely N-dealkylation sites (N-methyl/N-ethyl adjacent to an activating group) is 1. The third-order valence-corrected chi connectivity index (χ3v) is 5.00. The Labute approximate surface area is 161 Å². The molecule has 1 heterocycles. The Morgan fingerprint density at radius 3 is 2.48 bits per heavy atom. The maximum atomic E-state index is 12.5. The smallest absolute Gasteiger partial charge is 0.337 e. The zero-order valence-corrected chi connectivity index (χ0v) is 15.9. The van der Waals surface area contributed by atoms with Crippen molar-refractivity contribution < 1.29 is 19.1 Å². The lowest BCUT2D eigenvalue weighted by Gasteiger charge is -2.07. The van der Waals surface area contributed by atoms with Crippen LogP contribution in [0.25, 0.3) is 6.08 Å². The van der Waals surface area contributed by atoms with Crippen LogP contribution < -0.4 is 4.74 Å². The Bertz CT molecular complexity index is 935. The number of ether oxygens (including phenoxy) is 2. The molecule has 1 fully saturated rings. The Morgan fingerprint density at radius 2 is 1.81 bits per heavy atom. The molecule has 1 aliphatic rings. The molecule has 2 aromatic carbocycles. The van der Waals surface area contributed by atoms with Crippen LogP contribution in [0.15, 0.2) is 58.4 Å². The van der Waals surface area contributed by atoms with E-state index in [0.29, 0.717) is 27.1 Å². The minimum Gasteiger partial charge on any atom is -0.496 e. The fourth-order valence-electron chi connectivity index (χ4n) is 2.48. The number of amides is 1. The van der Waals surface area contributed by atoms with Crippen LogP contribution in [-0.2, 0) is 9.53 Å². The summed E-state index contributed by atoms with van der Waals surface area (Å²) in [6, 6.07) is 14.2. The summed E-state index contributed by atoms with van der Waals surface area (Å²) >= 11 is 1.29. The predicted octanol–water partition coefficient (Wildman–Crippen LogP) is 3.72. The average molecular weight is 382 g/mol. The zero-order valence-electron chi connectivity index (χ0n) is 15.1.